The Morgan fingerprint density at radius 2 is 2.00 bits per heavy atom. The molecule has 0 heterocycles. The lowest BCUT2D eigenvalue weighted by molar-refractivity contribution is -0.133. The number of hydrogen-bond acceptors (Lipinski definition) is 3. The molecule has 1 N–H and O–H groups in total. The van der Waals surface area contributed by atoms with Gasteiger partial charge in [-0.3, -0.25) is 4.79 Å². The van der Waals surface area contributed by atoms with Crippen molar-refractivity contribution >= 4 is 5.91 Å². The van der Waals surface area contributed by atoms with E-state index < -0.39 is 6.10 Å². The summed E-state index contributed by atoms with van der Waals surface area (Å²) in [6.07, 6.45) is -0.618. The average molecular weight is 265 g/mol. The van der Waals surface area contributed by atoms with Gasteiger partial charge in [0.15, 0.2) is 6.61 Å². The monoisotopic (exact) mass is 265 g/mol. The lowest BCUT2D eigenvalue weighted by Gasteiger charge is -2.22. The van der Waals surface area contributed by atoms with Crippen LogP contribution in [0.25, 0.3) is 0 Å². The maximum Gasteiger partial charge on any atom is 0.260 e. The van der Waals surface area contributed by atoms with Crippen molar-refractivity contribution in [2.75, 3.05) is 13.7 Å². The molecule has 0 spiro atoms. The van der Waals surface area contributed by atoms with Crippen molar-refractivity contribution in [2.45, 2.75) is 39.8 Å². The fourth-order valence-corrected chi connectivity index (χ4v) is 1.66. The molecule has 1 unspecified atom stereocenters. The van der Waals surface area contributed by atoms with E-state index in [0.29, 0.717) is 11.3 Å². The van der Waals surface area contributed by atoms with Gasteiger partial charge in [-0.2, -0.15) is 0 Å². The van der Waals surface area contributed by atoms with E-state index in [1.807, 2.05) is 32.9 Å². The van der Waals surface area contributed by atoms with E-state index in [0.717, 1.165) is 5.56 Å². The summed E-state index contributed by atoms with van der Waals surface area (Å²) in [6, 6.07) is 5.71. The van der Waals surface area contributed by atoms with Crippen molar-refractivity contribution in [3.63, 3.8) is 0 Å². The van der Waals surface area contributed by atoms with Crippen LogP contribution in [0.2, 0.25) is 0 Å². The van der Waals surface area contributed by atoms with Gasteiger partial charge in [-0.05, 0) is 39.8 Å². The Balaban J connectivity index is 2.75. The summed E-state index contributed by atoms with van der Waals surface area (Å²) in [4.78, 5) is 13.5. The number of likely N-dealkylation sites (N-methyl/N-ethyl adjacent to an activating group) is 1. The Hall–Kier alpha value is -1.55. The molecule has 0 aromatic heterocycles. The summed E-state index contributed by atoms with van der Waals surface area (Å²) < 4.78 is 5.54. The van der Waals surface area contributed by atoms with E-state index >= 15 is 0 Å². The van der Waals surface area contributed by atoms with Gasteiger partial charge >= 0.3 is 0 Å². The van der Waals surface area contributed by atoms with Crippen molar-refractivity contribution in [1.82, 2.24) is 4.90 Å². The predicted octanol–water partition coefficient (Wildman–Crippen LogP) is 2.29. The first kappa shape index (κ1) is 15.5. The molecule has 4 nitrogen and oxygen atoms in total. The molecule has 0 radical (unpaired) electrons. The summed E-state index contributed by atoms with van der Waals surface area (Å²) in [5.74, 6) is 0.484. The largest absolute Gasteiger partial charge is 0.483 e. The van der Waals surface area contributed by atoms with Crippen molar-refractivity contribution in [3.8, 4) is 5.75 Å². The average Bonchev–Trinajstić information content (AvgIpc) is 2.35. The van der Waals surface area contributed by atoms with Gasteiger partial charge in [0.25, 0.3) is 5.91 Å². The number of aryl methyl sites for hydroxylation is 1. The number of ether oxygens (including phenoxy) is 1. The van der Waals surface area contributed by atoms with Crippen molar-refractivity contribution < 1.29 is 14.6 Å². The second kappa shape index (κ2) is 6.57. The van der Waals surface area contributed by atoms with Gasteiger partial charge in [0, 0.05) is 18.7 Å². The molecule has 0 aliphatic heterocycles. The van der Waals surface area contributed by atoms with Crippen molar-refractivity contribution in [3.05, 3.63) is 29.3 Å². The number of benzene rings is 1. The van der Waals surface area contributed by atoms with Gasteiger partial charge < -0.3 is 14.7 Å². The molecule has 1 aromatic rings. The summed E-state index contributed by atoms with van der Waals surface area (Å²) in [5.41, 5.74) is 1.76. The Morgan fingerprint density at radius 1 is 1.37 bits per heavy atom. The molecular weight excluding hydrogens is 242 g/mol. The van der Waals surface area contributed by atoms with Gasteiger partial charge in [0.2, 0.25) is 0 Å². The van der Waals surface area contributed by atoms with E-state index in [-0.39, 0.29) is 18.6 Å². The Morgan fingerprint density at radius 3 is 2.53 bits per heavy atom. The molecule has 0 saturated carbocycles. The Labute approximate surface area is 115 Å². The Bertz CT molecular complexity index is 441. The van der Waals surface area contributed by atoms with Gasteiger partial charge in [-0.1, -0.05) is 11.6 Å². The zero-order valence-corrected chi connectivity index (χ0v) is 12.3. The first-order chi connectivity index (χ1) is 8.82. The van der Waals surface area contributed by atoms with Crippen LogP contribution in [-0.2, 0) is 4.79 Å². The zero-order valence-electron chi connectivity index (χ0n) is 12.3. The van der Waals surface area contributed by atoms with Crippen LogP contribution in [0.3, 0.4) is 0 Å². The number of amides is 1. The van der Waals surface area contributed by atoms with Crippen molar-refractivity contribution in [1.29, 1.82) is 0 Å². The molecule has 1 rings (SSSR count). The summed E-state index contributed by atoms with van der Waals surface area (Å²) in [6.45, 7) is 7.52. The highest BCUT2D eigenvalue weighted by Gasteiger charge is 2.15. The molecule has 106 valence electrons. The molecule has 0 saturated heterocycles. The van der Waals surface area contributed by atoms with Crippen LogP contribution in [0.5, 0.6) is 5.75 Å². The molecule has 0 fully saturated rings. The SMILES string of the molecule is Cc1ccc(OCC(=O)N(C)C(C)C)c(C(C)O)c1. The maximum atomic E-state index is 11.8. The smallest absolute Gasteiger partial charge is 0.260 e. The van der Waals surface area contributed by atoms with E-state index in [2.05, 4.69) is 0 Å². The van der Waals surface area contributed by atoms with E-state index in [1.54, 1.807) is 24.9 Å². The first-order valence-corrected chi connectivity index (χ1v) is 6.50. The highest BCUT2D eigenvalue weighted by atomic mass is 16.5. The van der Waals surface area contributed by atoms with Gasteiger partial charge in [-0.25, -0.2) is 0 Å². The highest BCUT2D eigenvalue weighted by molar-refractivity contribution is 5.77. The second-order valence-electron chi connectivity index (χ2n) is 5.10. The molecule has 1 amide bonds. The minimum Gasteiger partial charge on any atom is -0.483 e. The molecule has 0 bridgehead atoms. The predicted molar refractivity (Wildman–Crippen MR) is 75.2 cm³/mol. The van der Waals surface area contributed by atoms with E-state index in [9.17, 15) is 9.90 Å². The molecule has 0 aliphatic rings. The number of rotatable bonds is 5. The van der Waals surface area contributed by atoms with Crippen molar-refractivity contribution in [2.24, 2.45) is 0 Å². The first-order valence-electron chi connectivity index (χ1n) is 6.50. The number of aliphatic hydroxyl groups excluding tert-OH is 1. The third kappa shape index (κ3) is 4.24. The number of carbonyl (C=O) groups excluding carboxylic acids is 1. The van der Waals surface area contributed by atoms with Gasteiger partial charge in [0.05, 0.1) is 6.10 Å². The molecule has 19 heavy (non-hydrogen) atoms. The number of hydrogen-bond donors (Lipinski definition) is 1. The molecule has 0 aliphatic carbocycles. The topological polar surface area (TPSA) is 49.8 Å². The zero-order chi connectivity index (χ0) is 14.6. The molecule has 1 aromatic carbocycles. The fourth-order valence-electron chi connectivity index (χ4n) is 1.66. The third-order valence-corrected chi connectivity index (χ3v) is 3.13. The van der Waals surface area contributed by atoms with Crippen LogP contribution >= 0.6 is 0 Å². The number of carbonyl (C=O) groups is 1. The quantitative estimate of drug-likeness (QED) is 0.888. The van der Waals surface area contributed by atoms with Gasteiger partial charge in [0.1, 0.15) is 5.75 Å². The van der Waals surface area contributed by atoms with Crippen LogP contribution < -0.4 is 4.74 Å². The lowest BCUT2D eigenvalue weighted by Crippen LogP contribution is -2.36. The molecule has 1 atom stereocenters. The normalized spacial score (nSPS) is 12.4. The van der Waals surface area contributed by atoms with Crippen LogP contribution in [-0.4, -0.2) is 35.6 Å². The van der Waals surface area contributed by atoms with Gasteiger partial charge in [-0.15, -0.1) is 0 Å². The maximum absolute atomic E-state index is 11.8. The third-order valence-electron chi connectivity index (χ3n) is 3.13. The Kier molecular flexibility index (Phi) is 5.36. The van der Waals surface area contributed by atoms with Crippen LogP contribution in [0, 0.1) is 6.92 Å². The minimum absolute atomic E-state index is 0.0164. The fraction of sp³-hybridized carbons (Fsp3) is 0.533. The number of nitrogens with zero attached hydrogens (tertiary/aromatic N) is 1. The molecular formula is C15H23NO3. The summed E-state index contributed by atoms with van der Waals surface area (Å²) >= 11 is 0. The van der Waals surface area contributed by atoms with Crippen LogP contribution in [0.1, 0.15) is 38.0 Å². The van der Waals surface area contributed by atoms with E-state index in [4.69, 9.17) is 4.74 Å². The molecule has 4 heteroatoms. The summed E-state index contributed by atoms with van der Waals surface area (Å²) in [7, 11) is 1.75. The number of aliphatic hydroxyl groups is 1. The van der Waals surface area contributed by atoms with Crippen LogP contribution in [0.4, 0.5) is 0 Å². The standard InChI is InChI=1S/C15H23NO3/c1-10(2)16(5)15(18)9-19-14-7-6-11(3)8-13(14)12(4)17/h6-8,10,12,17H,9H2,1-5H3. The lowest BCUT2D eigenvalue weighted by atomic mass is 10.1. The van der Waals surface area contributed by atoms with Crippen LogP contribution in [0.15, 0.2) is 18.2 Å². The highest BCUT2D eigenvalue weighted by Crippen LogP contribution is 2.26. The van der Waals surface area contributed by atoms with E-state index in [1.165, 1.54) is 0 Å². The summed E-state index contributed by atoms with van der Waals surface area (Å²) in [5, 5.41) is 9.72. The second-order valence-corrected chi connectivity index (χ2v) is 5.10. The minimum atomic E-state index is -0.618.